The first-order valence-electron chi connectivity index (χ1n) is 8.73. The van der Waals surface area contributed by atoms with E-state index in [9.17, 15) is 20.1 Å². The molecule has 0 spiro atoms. The highest BCUT2D eigenvalue weighted by Gasteiger charge is 2.47. The fourth-order valence-corrected chi connectivity index (χ4v) is 10.4. The number of carbonyl (C=O) groups is 1. The van der Waals surface area contributed by atoms with Gasteiger partial charge in [0.2, 0.25) is 0 Å². The van der Waals surface area contributed by atoms with Crippen LogP contribution in [0.15, 0.2) is 19.6 Å². The zero-order valence-corrected chi connectivity index (χ0v) is 19.2. The molecule has 0 radical (unpaired) electrons. The number of fused-ring (bicyclic) bond motifs is 2. The molecule has 156 valence electrons. The lowest BCUT2D eigenvalue weighted by Gasteiger charge is -2.26. The van der Waals surface area contributed by atoms with E-state index in [1.54, 1.807) is 37.7 Å². The molecule has 3 rings (SSSR count). The molecule has 0 unspecified atom stereocenters. The topological polar surface area (TPSA) is 99.1 Å². The molecule has 1 aromatic carbocycles. The summed E-state index contributed by atoms with van der Waals surface area (Å²) in [6.45, 7) is 2.78. The number of carboxylic acids is 1. The van der Waals surface area contributed by atoms with E-state index >= 15 is 0 Å². The lowest BCUT2D eigenvalue weighted by Crippen LogP contribution is -2.30. The van der Waals surface area contributed by atoms with Crippen molar-refractivity contribution in [3.63, 3.8) is 0 Å². The van der Waals surface area contributed by atoms with Gasteiger partial charge in [-0.25, -0.2) is 0 Å². The number of rotatable bonds is 9. The number of hydrogen-bond acceptors (Lipinski definition) is 10. The number of methoxy groups -OCH3 is 2. The van der Waals surface area contributed by atoms with E-state index < -0.39 is 14.1 Å². The Morgan fingerprint density at radius 3 is 1.75 bits per heavy atom. The lowest BCUT2D eigenvalue weighted by atomic mass is 10.1. The van der Waals surface area contributed by atoms with Crippen molar-refractivity contribution < 1.29 is 29.6 Å². The normalized spacial score (nSPS) is 18.9. The van der Waals surface area contributed by atoms with E-state index in [1.165, 1.54) is 23.5 Å². The number of carbonyl (C=O) groups excluding carboxylic acids is 1. The maximum Gasteiger partial charge on any atom is 0.117 e. The van der Waals surface area contributed by atoms with Crippen molar-refractivity contribution in [3.05, 3.63) is 11.1 Å². The zero-order chi connectivity index (χ0) is 20.5. The molecule has 0 atom stereocenters. The van der Waals surface area contributed by atoms with Crippen molar-refractivity contribution in [3.8, 4) is 0 Å². The van der Waals surface area contributed by atoms with Crippen molar-refractivity contribution in [2.45, 2.75) is 47.5 Å². The van der Waals surface area contributed by atoms with Crippen LogP contribution >= 0.6 is 47.0 Å². The standard InChI is InChI=1S/C18H24O6S4/c1-10-12-14(27-17(25-12,4-6-19)5-7-20)11(16(21)22)15-13(10)26-18(28-15,8-23-2)9-24-3/h19-20H,4-9H2,1-3H3,(H,21,22)/p-1. The maximum atomic E-state index is 12.2. The minimum Gasteiger partial charge on any atom is -0.545 e. The van der Waals surface area contributed by atoms with Crippen LogP contribution in [0, 0.1) is 6.92 Å². The summed E-state index contributed by atoms with van der Waals surface area (Å²) in [5, 5.41) is 31.2. The average molecular weight is 464 g/mol. The van der Waals surface area contributed by atoms with E-state index in [4.69, 9.17) is 9.47 Å². The van der Waals surface area contributed by atoms with Gasteiger partial charge in [-0.15, -0.1) is 47.0 Å². The Kier molecular flexibility index (Phi) is 7.24. The van der Waals surface area contributed by atoms with Crippen molar-refractivity contribution in [2.24, 2.45) is 0 Å². The number of hydrogen-bond donors (Lipinski definition) is 2. The SMILES string of the molecule is COCC1(COC)Sc2c(C)c3c(c(C(=O)[O-])c2S1)SC(CCO)(CCO)S3. The highest BCUT2D eigenvalue weighted by atomic mass is 32.2. The van der Waals surface area contributed by atoms with Gasteiger partial charge in [0, 0.05) is 52.6 Å². The molecule has 2 aliphatic rings. The Morgan fingerprint density at radius 1 is 0.893 bits per heavy atom. The molecule has 28 heavy (non-hydrogen) atoms. The molecule has 0 aliphatic carbocycles. The average Bonchev–Trinajstić information content (AvgIpc) is 3.16. The van der Waals surface area contributed by atoms with Crippen LogP contribution in [-0.2, 0) is 9.47 Å². The van der Waals surface area contributed by atoms with Crippen molar-refractivity contribution in [1.29, 1.82) is 0 Å². The number of ether oxygens (including phenoxy) is 2. The molecule has 2 N–H and O–H groups in total. The molecule has 10 heteroatoms. The summed E-state index contributed by atoms with van der Waals surface area (Å²) in [6, 6.07) is 0. The highest BCUT2D eigenvalue weighted by molar-refractivity contribution is 8.22. The van der Waals surface area contributed by atoms with Crippen LogP contribution in [0.5, 0.6) is 0 Å². The molecule has 0 bridgehead atoms. The predicted molar refractivity (Wildman–Crippen MR) is 112 cm³/mol. The van der Waals surface area contributed by atoms with E-state index in [1.807, 2.05) is 6.92 Å². The Balaban J connectivity index is 2.11. The number of carboxylic acid groups (broad SMARTS) is 1. The van der Waals surface area contributed by atoms with Crippen molar-refractivity contribution >= 4 is 53.0 Å². The maximum absolute atomic E-state index is 12.2. The van der Waals surface area contributed by atoms with Crippen LogP contribution in [0.3, 0.4) is 0 Å². The summed E-state index contributed by atoms with van der Waals surface area (Å²) < 4.78 is 9.88. The van der Waals surface area contributed by atoms with Crippen LogP contribution in [0.4, 0.5) is 0 Å². The number of benzene rings is 1. The van der Waals surface area contributed by atoms with Crippen LogP contribution in [0.2, 0.25) is 0 Å². The molecule has 0 amide bonds. The van der Waals surface area contributed by atoms with Crippen molar-refractivity contribution in [2.75, 3.05) is 40.6 Å². The van der Waals surface area contributed by atoms with Gasteiger partial charge in [0.15, 0.2) is 0 Å². The van der Waals surface area contributed by atoms with Gasteiger partial charge in [-0.2, -0.15) is 0 Å². The molecule has 1 aromatic rings. The third-order valence-electron chi connectivity index (χ3n) is 4.62. The second-order valence-electron chi connectivity index (χ2n) is 6.65. The summed E-state index contributed by atoms with van der Waals surface area (Å²) in [4.78, 5) is 15.4. The smallest absolute Gasteiger partial charge is 0.117 e. The third-order valence-corrected chi connectivity index (χ3v) is 11.3. The molecular weight excluding hydrogens is 440 g/mol. The van der Waals surface area contributed by atoms with Gasteiger partial charge in [0.05, 0.1) is 23.3 Å². The summed E-state index contributed by atoms with van der Waals surface area (Å²) in [5.74, 6) is -1.21. The van der Waals surface area contributed by atoms with Gasteiger partial charge in [0.25, 0.3) is 0 Å². The molecule has 2 aliphatic heterocycles. The molecular formula is C18H23O6S4-. The largest absolute Gasteiger partial charge is 0.545 e. The predicted octanol–water partition coefficient (Wildman–Crippen LogP) is 2.20. The Morgan fingerprint density at radius 2 is 1.32 bits per heavy atom. The molecule has 0 saturated carbocycles. The van der Waals surface area contributed by atoms with Crippen LogP contribution in [0.1, 0.15) is 28.8 Å². The number of aliphatic hydroxyl groups is 2. The van der Waals surface area contributed by atoms with Crippen LogP contribution in [-0.4, -0.2) is 65.0 Å². The first-order valence-corrected chi connectivity index (χ1v) is 12.0. The van der Waals surface area contributed by atoms with Crippen LogP contribution < -0.4 is 5.11 Å². The van der Waals surface area contributed by atoms with Gasteiger partial charge >= 0.3 is 0 Å². The Labute approximate surface area is 181 Å². The van der Waals surface area contributed by atoms with E-state index in [2.05, 4.69) is 0 Å². The molecule has 6 nitrogen and oxygen atoms in total. The summed E-state index contributed by atoms with van der Waals surface area (Å²) in [5.41, 5.74) is 1.23. The van der Waals surface area contributed by atoms with Gasteiger partial charge in [0.1, 0.15) is 4.08 Å². The zero-order valence-electron chi connectivity index (χ0n) is 15.9. The highest BCUT2D eigenvalue weighted by Crippen LogP contribution is 2.67. The van der Waals surface area contributed by atoms with E-state index in [0.29, 0.717) is 35.8 Å². The van der Waals surface area contributed by atoms with Crippen molar-refractivity contribution in [1.82, 2.24) is 0 Å². The minimum absolute atomic E-state index is 0.0261. The van der Waals surface area contributed by atoms with Gasteiger partial charge in [-0.05, 0) is 25.3 Å². The first-order chi connectivity index (χ1) is 13.4. The van der Waals surface area contributed by atoms with E-state index in [-0.39, 0.29) is 18.8 Å². The molecule has 0 aromatic heterocycles. The number of aromatic carboxylic acids is 1. The minimum atomic E-state index is -1.21. The first kappa shape index (κ1) is 22.6. The summed E-state index contributed by atoms with van der Waals surface area (Å²) >= 11 is 6.03. The number of thioether (sulfide) groups is 4. The third kappa shape index (κ3) is 3.94. The van der Waals surface area contributed by atoms with Gasteiger partial charge in [-0.3, -0.25) is 0 Å². The van der Waals surface area contributed by atoms with Gasteiger partial charge in [-0.1, -0.05) is 0 Å². The quantitative estimate of drug-likeness (QED) is 0.567. The second-order valence-corrected chi connectivity index (χ2v) is 12.7. The Bertz CT molecular complexity index is 704. The summed E-state index contributed by atoms with van der Waals surface area (Å²) in [7, 11) is 3.25. The fraction of sp³-hybridized carbons (Fsp3) is 0.611. The fourth-order valence-electron chi connectivity index (χ4n) is 3.45. The van der Waals surface area contributed by atoms with Crippen LogP contribution in [0.25, 0.3) is 0 Å². The molecule has 0 fully saturated rings. The number of aliphatic hydroxyl groups excluding tert-OH is 2. The van der Waals surface area contributed by atoms with Gasteiger partial charge < -0.3 is 29.6 Å². The van der Waals surface area contributed by atoms with E-state index in [0.717, 1.165) is 15.4 Å². The molecule has 2 heterocycles. The monoisotopic (exact) mass is 463 g/mol. The second kappa shape index (κ2) is 8.97. The molecule has 0 saturated heterocycles. The Hall–Kier alpha value is -0.0700. The lowest BCUT2D eigenvalue weighted by molar-refractivity contribution is -0.255. The summed E-state index contributed by atoms with van der Waals surface area (Å²) in [6.07, 6.45) is 0.928.